The number of terminal acetylenes is 1. The third kappa shape index (κ3) is 10.1. The Morgan fingerprint density at radius 1 is 1.03 bits per heavy atom. The summed E-state index contributed by atoms with van der Waals surface area (Å²) in [6.07, 6.45) is 7.72. The molecule has 0 amide bonds. The molecule has 35 heavy (non-hydrogen) atoms. The van der Waals surface area contributed by atoms with E-state index in [-0.39, 0.29) is 0 Å². The van der Waals surface area contributed by atoms with Gasteiger partial charge < -0.3 is 29.0 Å². The van der Waals surface area contributed by atoms with Crippen LogP contribution in [-0.4, -0.2) is 103 Å². The standard InChI is InChI=1S/C26H39N3O5S/c1-3-9-30-10-11-31-12-13-32-14-15-33-16-17-34-23-5-6-24(27-2)25(18-23)35-22-29-8-4-7-26(21-29)19-28-20-26/h1,5-6,18,28H,2,4,7-17,19-22H2. The fraction of sp³-hybridized carbons (Fsp3) is 0.654. The average Bonchev–Trinajstić information content (AvgIpc) is 2.87. The highest BCUT2D eigenvalue weighted by atomic mass is 32.2. The molecule has 0 aromatic heterocycles. The molecule has 9 heteroatoms. The summed E-state index contributed by atoms with van der Waals surface area (Å²) in [4.78, 5) is 7.85. The van der Waals surface area contributed by atoms with Gasteiger partial charge in [-0.3, -0.25) is 9.89 Å². The Balaban J connectivity index is 1.24. The van der Waals surface area contributed by atoms with Gasteiger partial charge in [-0.1, -0.05) is 5.92 Å². The van der Waals surface area contributed by atoms with Crippen molar-refractivity contribution in [2.75, 3.05) is 91.5 Å². The zero-order valence-electron chi connectivity index (χ0n) is 20.7. The molecule has 1 N–H and O–H groups in total. The Bertz CT molecular complexity index is 800. The average molecular weight is 506 g/mol. The van der Waals surface area contributed by atoms with E-state index in [1.54, 1.807) is 0 Å². The number of nitrogens with one attached hydrogen (secondary N) is 1. The first-order chi connectivity index (χ1) is 17.2. The largest absolute Gasteiger partial charge is 0.491 e. The highest BCUT2D eigenvalue weighted by molar-refractivity contribution is 7.99. The molecule has 0 radical (unpaired) electrons. The van der Waals surface area contributed by atoms with E-state index in [1.807, 2.05) is 23.9 Å². The molecule has 2 saturated heterocycles. The monoisotopic (exact) mass is 505 g/mol. The van der Waals surface area contributed by atoms with Crippen molar-refractivity contribution in [3.05, 3.63) is 18.2 Å². The van der Waals surface area contributed by atoms with Crippen LogP contribution in [0.4, 0.5) is 5.69 Å². The van der Waals surface area contributed by atoms with Crippen LogP contribution in [0.2, 0.25) is 0 Å². The number of aliphatic imine (C=N–C) groups is 1. The van der Waals surface area contributed by atoms with Crippen LogP contribution >= 0.6 is 11.8 Å². The smallest absolute Gasteiger partial charge is 0.120 e. The molecule has 0 saturated carbocycles. The number of nitrogens with zero attached hydrogens (tertiary/aromatic N) is 2. The Morgan fingerprint density at radius 2 is 1.71 bits per heavy atom. The maximum atomic E-state index is 5.89. The van der Waals surface area contributed by atoms with E-state index in [4.69, 9.17) is 30.1 Å². The molecule has 1 aromatic carbocycles. The lowest BCUT2D eigenvalue weighted by atomic mass is 9.75. The lowest BCUT2D eigenvalue weighted by molar-refractivity contribution is -0.00187. The van der Waals surface area contributed by atoms with Gasteiger partial charge in [0.2, 0.25) is 0 Å². The summed E-state index contributed by atoms with van der Waals surface area (Å²) >= 11 is 1.81. The third-order valence-electron chi connectivity index (χ3n) is 6.04. The van der Waals surface area contributed by atoms with Crippen LogP contribution in [0.3, 0.4) is 0 Å². The van der Waals surface area contributed by atoms with Crippen LogP contribution in [-0.2, 0) is 18.9 Å². The van der Waals surface area contributed by atoms with Crippen LogP contribution in [0.15, 0.2) is 28.1 Å². The molecule has 0 atom stereocenters. The summed E-state index contributed by atoms with van der Waals surface area (Å²) in [6, 6.07) is 5.96. The Labute approximate surface area is 214 Å². The van der Waals surface area contributed by atoms with Crippen LogP contribution in [0.25, 0.3) is 0 Å². The Kier molecular flexibility index (Phi) is 12.9. The molecule has 0 aliphatic carbocycles. The van der Waals surface area contributed by atoms with Gasteiger partial charge in [0.15, 0.2) is 0 Å². The van der Waals surface area contributed by atoms with Gasteiger partial charge in [0, 0.05) is 35.8 Å². The van der Waals surface area contributed by atoms with E-state index in [0.717, 1.165) is 41.8 Å². The molecule has 1 spiro atoms. The number of hydrogen-bond donors (Lipinski definition) is 1. The van der Waals surface area contributed by atoms with Crippen molar-refractivity contribution in [1.82, 2.24) is 10.2 Å². The van der Waals surface area contributed by atoms with E-state index >= 15 is 0 Å². The van der Waals surface area contributed by atoms with E-state index in [2.05, 4.69) is 33.9 Å². The molecule has 2 aliphatic rings. The highest BCUT2D eigenvalue weighted by Crippen LogP contribution is 2.37. The summed E-state index contributed by atoms with van der Waals surface area (Å²) in [6.45, 7) is 12.8. The fourth-order valence-electron chi connectivity index (χ4n) is 4.19. The fourth-order valence-corrected chi connectivity index (χ4v) is 5.21. The van der Waals surface area contributed by atoms with Crippen LogP contribution < -0.4 is 10.1 Å². The molecule has 0 unspecified atom stereocenters. The zero-order chi connectivity index (χ0) is 24.6. The summed E-state index contributed by atoms with van der Waals surface area (Å²) in [7, 11) is 0. The van der Waals surface area contributed by atoms with Crippen molar-refractivity contribution in [2.24, 2.45) is 10.4 Å². The van der Waals surface area contributed by atoms with Crippen molar-refractivity contribution in [3.63, 3.8) is 0 Å². The van der Waals surface area contributed by atoms with Gasteiger partial charge in [-0.2, -0.15) is 0 Å². The van der Waals surface area contributed by atoms with Gasteiger partial charge >= 0.3 is 0 Å². The first-order valence-corrected chi connectivity index (χ1v) is 13.3. The van der Waals surface area contributed by atoms with Crippen molar-refractivity contribution in [1.29, 1.82) is 0 Å². The zero-order valence-corrected chi connectivity index (χ0v) is 21.5. The van der Waals surface area contributed by atoms with E-state index in [9.17, 15) is 0 Å². The lowest BCUT2D eigenvalue weighted by Gasteiger charge is -2.49. The van der Waals surface area contributed by atoms with Gasteiger partial charge in [0.05, 0.1) is 51.9 Å². The van der Waals surface area contributed by atoms with Crippen molar-refractivity contribution >= 4 is 24.2 Å². The second-order valence-electron chi connectivity index (χ2n) is 8.76. The maximum Gasteiger partial charge on any atom is 0.120 e. The van der Waals surface area contributed by atoms with Gasteiger partial charge in [0.1, 0.15) is 19.0 Å². The number of thioether (sulfide) groups is 1. The quantitative estimate of drug-likeness (QED) is 0.141. The summed E-state index contributed by atoms with van der Waals surface area (Å²) < 4.78 is 27.4. The van der Waals surface area contributed by atoms with E-state index < -0.39 is 0 Å². The third-order valence-corrected chi connectivity index (χ3v) is 7.17. The molecule has 2 aliphatic heterocycles. The number of rotatable bonds is 18. The number of benzene rings is 1. The number of likely N-dealkylation sites (tertiary alicyclic amines) is 1. The minimum Gasteiger partial charge on any atom is -0.491 e. The van der Waals surface area contributed by atoms with Gasteiger partial charge in [-0.25, -0.2) is 0 Å². The molecule has 2 heterocycles. The minimum absolute atomic E-state index is 0.315. The predicted octanol–water partition coefficient (Wildman–Crippen LogP) is 2.83. The van der Waals surface area contributed by atoms with Gasteiger partial charge in [-0.05, 0) is 44.3 Å². The molecule has 0 bridgehead atoms. The predicted molar refractivity (Wildman–Crippen MR) is 140 cm³/mol. The molecule has 2 fully saturated rings. The van der Waals surface area contributed by atoms with E-state index in [1.165, 1.54) is 19.4 Å². The van der Waals surface area contributed by atoms with Crippen molar-refractivity contribution in [3.8, 4) is 18.1 Å². The highest BCUT2D eigenvalue weighted by Gasteiger charge is 2.40. The molecule has 8 nitrogen and oxygen atoms in total. The maximum absolute atomic E-state index is 5.89. The SMILES string of the molecule is C#CCOCCOCCOCCOCCOc1ccc(N=C)c(SCN2CCCC3(CNC3)C2)c1. The van der Waals surface area contributed by atoms with Crippen LogP contribution in [0, 0.1) is 17.8 Å². The lowest BCUT2D eigenvalue weighted by Crippen LogP contribution is -2.60. The summed E-state index contributed by atoms with van der Waals surface area (Å²) in [5.74, 6) is 4.19. The second kappa shape index (κ2) is 16.2. The second-order valence-corrected chi connectivity index (χ2v) is 9.75. The molecular weight excluding hydrogens is 466 g/mol. The number of hydrogen-bond acceptors (Lipinski definition) is 9. The van der Waals surface area contributed by atoms with Crippen LogP contribution in [0.1, 0.15) is 12.8 Å². The van der Waals surface area contributed by atoms with Gasteiger partial charge in [0.25, 0.3) is 0 Å². The molecule has 3 rings (SSSR count). The van der Waals surface area contributed by atoms with Gasteiger partial charge in [-0.15, -0.1) is 18.2 Å². The number of ether oxygens (including phenoxy) is 5. The minimum atomic E-state index is 0.315. The molecule has 1 aromatic rings. The normalized spacial score (nSPS) is 17.1. The van der Waals surface area contributed by atoms with Crippen molar-refractivity contribution < 1.29 is 23.7 Å². The molecule has 194 valence electrons. The number of piperidine rings is 1. The molecular formula is C26H39N3O5S. The van der Waals surface area contributed by atoms with Crippen LogP contribution in [0.5, 0.6) is 5.75 Å². The van der Waals surface area contributed by atoms with E-state index in [0.29, 0.717) is 64.9 Å². The topological polar surface area (TPSA) is 73.8 Å². The first kappa shape index (κ1) is 27.9. The van der Waals surface area contributed by atoms with Crippen molar-refractivity contribution in [2.45, 2.75) is 17.7 Å². The summed E-state index contributed by atoms with van der Waals surface area (Å²) in [5, 5.41) is 3.44. The summed E-state index contributed by atoms with van der Waals surface area (Å²) in [5.41, 5.74) is 1.40. The first-order valence-electron chi connectivity index (χ1n) is 12.3. The Hall–Kier alpha value is -1.64. The Morgan fingerprint density at radius 3 is 2.34 bits per heavy atom.